The molecule has 1 heterocycles. The number of sulfonamides is 1. The number of carboxylic acid groups (broad SMARTS) is 1. The normalized spacial score (nSPS) is 12.4. The molecule has 0 aliphatic rings. The lowest BCUT2D eigenvalue weighted by molar-refractivity contribution is -0.139. The zero-order valence-corrected chi connectivity index (χ0v) is 22.8. The average Bonchev–Trinajstić information content (AvgIpc) is 3.04. The van der Waals surface area contributed by atoms with Crippen LogP contribution in [0.1, 0.15) is 36.7 Å². The number of aliphatic carboxylic acids is 1. The zero-order valence-electron chi connectivity index (χ0n) is 17.7. The minimum absolute atomic E-state index is 0.0472. The topological polar surface area (TPSA) is 106 Å². The summed E-state index contributed by atoms with van der Waals surface area (Å²) in [6.45, 7) is 3.33. The van der Waals surface area contributed by atoms with Gasteiger partial charge in [0.05, 0.1) is 7.14 Å². The van der Waals surface area contributed by atoms with E-state index in [9.17, 15) is 26.4 Å². The molecule has 1 aromatic heterocycles. The number of furan rings is 1. The molecule has 0 saturated carbocycles. The predicted octanol–water partition coefficient (Wildman–Crippen LogP) is 6.08. The summed E-state index contributed by atoms with van der Waals surface area (Å²) in [6, 6.07) is 7.60. The Morgan fingerprint density at radius 2 is 1.79 bits per heavy atom. The number of ether oxygens (including phenoxy) is 1. The van der Waals surface area contributed by atoms with Crippen LogP contribution in [0.15, 0.2) is 34.7 Å². The van der Waals surface area contributed by atoms with Gasteiger partial charge >= 0.3 is 21.5 Å². The van der Waals surface area contributed by atoms with E-state index in [2.05, 4.69) is 0 Å². The number of fused-ring (bicyclic) bond motifs is 1. The van der Waals surface area contributed by atoms with Crippen molar-refractivity contribution in [1.29, 1.82) is 0 Å². The molecular weight excluding hydrogens is 705 g/mol. The molecule has 0 aliphatic carbocycles. The van der Waals surface area contributed by atoms with E-state index in [1.165, 1.54) is 18.2 Å². The molecule has 0 radical (unpaired) electrons. The van der Waals surface area contributed by atoms with Crippen molar-refractivity contribution in [2.24, 2.45) is 0 Å². The molecule has 0 saturated heterocycles. The third-order valence-electron chi connectivity index (χ3n) is 4.68. The van der Waals surface area contributed by atoms with Crippen LogP contribution in [0.2, 0.25) is 0 Å². The molecule has 3 rings (SSSR count). The van der Waals surface area contributed by atoms with Gasteiger partial charge in [-0.3, -0.25) is 4.72 Å². The van der Waals surface area contributed by atoms with E-state index in [0.29, 0.717) is 41.6 Å². The van der Waals surface area contributed by atoms with Crippen LogP contribution in [-0.2, 0) is 21.2 Å². The van der Waals surface area contributed by atoms with Crippen molar-refractivity contribution in [2.45, 2.75) is 31.7 Å². The summed E-state index contributed by atoms with van der Waals surface area (Å²) in [5, 5.41) is 9.35. The van der Waals surface area contributed by atoms with Crippen molar-refractivity contribution in [3.8, 4) is 5.75 Å². The Bertz CT molecular complexity index is 1330. The molecule has 34 heavy (non-hydrogen) atoms. The van der Waals surface area contributed by atoms with Gasteiger partial charge in [-0.05, 0) is 81.1 Å². The Hall–Kier alpha value is -1.75. The van der Waals surface area contributed by atoms with E-state index in [1.807, 2.05) is 71.2 Å². The number of halogens is 5. The minimum Gasteiger partial charge on any atom is -0.480 e. The highest BCUT2D eigenvalue weighted by Crippen LogP contribution is 2.37. The van der Waals surface area contributed by atoms with Gasteiger partial charge in [0.1, 0.15) is 17.1 Å². The van der Waals surface area contributed by atoms with Gasteiger partial charge in [-0.1, -0.05) is 13.8 Å². The Labute approximate surface area is 220 Å². The molecule has 0 aliphatic heterocycles. The summed E-state index contributed by atoms with van der Waals surface area (Å²) < 4.78 is 75.7. The van der Waals surface area contributed by atoms with E-state index in [4.69, 9.17) is 14.3 Å². The van der Waals surface area contributed by atoms with Crippen LogP contribution in [0.25, 0.3) is 11.0 Å². The lowest BCUT2D eigenvalue weighted by Gasteiger charge is -2.12. The van der Waals surface area contributed by atoms with Gasteiger partial charge in [0.2, 0.25) is 0 Å². The average molecular weight is 723 g/mol. The van der Waals surface area contributed by atoms with Crippen molar-refractivity contribution >= 4 is 77.8 Å². The highest BCUT2D eigenvalue weighted by atomic mass is 127. The third-order valence-corrected chi connectivity index (χ3v) is 7.40. The van der Waals surface area contributed by atoms with Gasteiger partial charge in [0.25, 0.3) is 0 Å². The Balaban J connectivity index is 2.04. The van der Waals surface area contributed by atoms with Crippen LogP contribution in [0.4, 0.5) is 18.9 Å². The first kappa shape index (κ1) is 26.8. The van der Waals surface area contributed by atoms with E-state index >= 15 is 0 Å². The van der Waals surface area contributed by atoms with Crippen LogP contribution < -0.4 is 9.46 Å². The number of rotatable bonds is 8. The number of alkyl halides is 3. The zero-order chi connectivity index (χ0) is 25.4. The SMILES string of the molecule is CC(C)c1oc2ccc(NS(=O)(=O)C(F)(F)F)cc2c1Cc1cc(I)c(OCC(=O)O)c(I)c1. The second kappa shape index (κ2) is 10.1. The molecule has 3 aromatic rings. The third kappa shape index (κ3) is 5.90. The van der Waals surface area contributed by atoms with Crippen molar-refractivity contribution < 1.29 is 40.6 Å². The van der Waals surface area contributed by atoms with Crippen LogP contribution >= 0.6 is 45.2 Å². The summed E-state index contributed by atoms with van der Waals surface area (Å²) in [5.41, 5.74) is -3.71. The van der Waals surface area contributed by atoms with E-state index in [0.717, 1.165) is 5.56 Å². The molecule has 0 atom stereocenters. The highest BCUT2D eigenvalue weighted by molar-refractivity contribution is 14.1. The summed E-state index contributed by atoms with van der Waals surface area (Å²) >= 11 is 4.08. The number of hydrogen-bond acceptors (Lipinski definition) is 5. The Kier molecular flexibility index (Phi) is 7.96. The molecule has 13 heteroatoms. The minimum atomic E-state index is -5.57. The van der Waals surface area contributed by atoms with E-state index in [1.54, 1.807) is 4.72 Å². The fraction of sp³-hybridized carbons (Fsp3) is 0.286. The quantitative estimate of drug-likeness (QED) is 0.273. The number of hydrogen-bond donors (Lipinski definition) is 2. The van der Waals surface area contributed by atoms with Gasteiger partial charge < -0.3 is 14.3 Å². The fourth-order valence-corrected chi connectivity index (χ4v) is 6.04. The van der Waals surface area contributed by atoms with E-state index < -0.39 is 28.1 Å². The molecule has 0 spiro atoms. The predicted molar refractivity (Wildman–Crippen MR) is 137 cm³/mol. The van der Waals surface area contributed by atoms with Crippen LogP contribution in [-0.4, -0.2) is 31.6 Å². The second-order valence-corrected chi connectivity index (χ2v) is 11.6. The lowest BCUT2D eigenvalue weighted by Crippen LogP contribution is -2.29. The molecule has 0 amide bonds. The van der Waals surface area contributed by atoms with Crippen LogP contribution in [0.5, 0.6) is 5.75 Å². The smallest absolute Gasteiger partial charge is 0.480 e. The van der Waals surface area contributed by atoms with Gasteiger partial charge in [-0.2, -0.15) is 21.6 Å². The van der Waals surface area contributed by atoms with Crippen molar-refractivity contribution in [3.05, 3.63) is 54.4 Å². The molecule has 0 bridgehead atoms. The number of nitrogens with one attached hydrogen (secondary N) is 1. The highest BCUT2D eigenvalue weighted by Gasteiger charge is 2.46. The molecular formula is C21H18F3I2NO6S. The molecule has 7 nitrogen and oxygen atoms in total. The van der Waals surface area contributed by atoms with Gasteiger partial charge in [-0.25, -0.2) is 4.79 Å². The summed E-state index contributed by atoms with van der Waals surface area (Å²) in [4.78, 5) is 10.8. The summed E-state index contributed by atoms with van der Waals surface area (Å²) in [7, 11) is -5.57. The van der Waals surface area contributed by atoms with Crippen molar-refractivity contribution in [1.82, 2.24) is 0 Å². The maximum Gasteiger partial charge on any atom is 0.516 e. The monoisotopic (exact) mass is 723 g/mol. The van der Waals surface area contributed by atoms with Gasteiger partial charge in [0, 0.05) is 29.0 Å². The number of carboxylic acids is 1. The molecule has 0 unspecified atom stereocenters. The molecule has 2 aromatic carbocycles. The number of anilines is 1. The number of carbonyl (C=O) groups is 1. The largest absolute Gasteiger partial charge is 0.516 e. The first-order valence-electron chi connectivity index (χ1n) is 9.66. The molecule has 2 N–H and O–H groups in total. The molecule has 184 valence electrons. The van der Waals surface area contributed by atoms with E-state index in [-0.39, 0.29) is 11.6 Å². The molecule has 0 fully saturated rings. The lowest BCUT2D eigenvalue weighted by atomic mass is 9.97. The standard InChI is InChI=1S/C21H18F3I2NO6S/c1-10(2)19-14(5-11-6-15(25)20(16(26)7-11)32-9-18(28)29)13-8-12(3-4-17(13)33-19)27-34(30,31)21(22,23)24/h3-4,6-8,10,27H,5,9H2,1-2H3,(H,28,29). The van der Waals surface area contributed by atoms with Crippen LogP contribution in [0, 0.1) is 7.14 Å². The summed E-state index contributed by atoms with van der Waals surface area (Å²) in [5.74, 6) is -0.0764. The van der Waals surface area contributed by atoms with Crippen molar-refractivity contribution in [2.75, 3.05) is 11.3 Å². The Morgan fingerprint density at radius 1 is 1.18 bits per heavy atom. The first-order chi connectivity index (χ1) is 15.7. The first-order valence-corrected chi connectivity index (χ1v) is 13.3. The maximum absolute atomic E-state index is 12.8. The number of benzene rings is 2. The maximum atomic E-state index is 12.8. The van der Waals surface area contributed by atoms with Crippen LogP contribution in [0.3, 0.4) is 0 Å². The summed E-state index contributed by atoms with van der Waals surface area (Å²) in [6.07, 6.45) is 0.348. The Morgan fingerprint density at radius 3 is 2.32 bits per heavy atom. The van der Waals surface area contributed by atoms with Gasteiger partial charge in [-0.15, -0.1) is 0 Å². The second-order valence-electron chi connectivity index (χ2n) is 7.61. The fourth-order valence-electron chi connectivity index (χ4n) is 3.28. The van der Waals surface area contributed by atoms with Crippen molar-refractivity contribution in [3.63, 3.8) is 0 Å². The van der Waals surface area contributed by atoms with Gasteiger partial charge in [0.15, 0.2) is 6.61 Å².